The molecule has 1 amide bonds. The lowest BCUT2D eigenvalue weighted by molar-refractivity contribution is -0.384. The highest BCUT2D eigenvalue weighted by Crippen LogP contribution is 2.23. The average Bonchev–Trinajstić information content (AvgIpc) is 2.45. The second-order valence-electron chi connectivity index (χ2n) is 3.86. The van der Waals surface area contributed by atoms with E-state index in [-0.39, 0.29) is 17.0 Å². The third-order valence-electron chi connectivity index (χ3n) is 2.54. The number of carbonyl (C=O) groups is 2. The largest absolute Gasteiger partial charge is 0.496 e. The van der Waals surface area contributed by atoms with Crippen molar-refractivity contribution in [2.75, 3.05) is 14.2 Å². The minimum Gasteiger partial charge on any atom is -0.496 e. The number of benzene rings is 1. The first-order chi connectivity index (χ1) is 9.40. The van der Waals surface area contributed by atoms with Gasteiger partial charge in [0.05, 0.1) is 24.7 Å². The summed E-state index contributed by atoms with van der Waals surface area (Å²) in [4.78, 5) is 33.3. The lowest BCUT2D eigenvalue weighted by Crippen LogP contribution is -2.39. The second-order valence-corrected chi connectivity index (χ2v) is 3.86. The molecule has 0 saturated heterocycles. The van der Waals surface area contributed by atoms with Crippen LogP contribution in [0, 0.1) is 10.1 Å². The van der Waals surface area contributed by atoms with E-state index >= 15 is 0 Å². The molecule has 0 radical (unpaired) electrons. The van der Waals surface area contributed by atoms with Crippen molar-refractivity contribution in [1.29, 1.82) is 0 Å². The van der Waals surface area contributed by atoms with E-state index in [0.29, 0.717) is 0 Å². The zero-order chi connectivity index (χ0) is 15.3. The summed E-state index contributed by atoms with van der Waals surface area (Å²) in [5, 5.41) is 13.1. The van der Waals surface area contributed by atoms with E-state index < -0.39 is 22.8 Å². The van der Waals surface area contributed by atoms with E-state index in [1.54, 1.807) is 0 Å². The molecule has 0 spiro atoms. The molecule has 8 nitrogen and oxygen atoms in total. The SMILES string of the molecule is COC(=O)C(C)NC(=O)c1cc([N+](=O)[O-])ccc1OC. The highest BCUT2D eigenvalue weighted by molar-refractivity contribution is 5.99. The van der Waals surface area contributed by atoms with Crippen LogP contribution in [0.5, 0.6) is 5.75 Å². The highest BCUT2D eigenvalue weighted by Gasteiger charge is 2.21. The zero-order valence-corrected chi connectivity index (χ0v) is 11.2. The van der Waals surface area contributed by atoms with Gasteiger partial charge in [-0.15, -0.1) is 0 Å². The van der Waals surface area contributed by atoms with Crippen molar-refractivity contribution in [2.24, 2.45) is 0 Å². The number of esters is 1. The second kappa shape index (κ2) is 6.50. The molecular weight excluding hydrogens is 268 g/mol. The maximum Gasteiger partial charge on any atom is 0.328 e. The molecule has 0 fully saturated rings. The monoisotopic (exact) mass is 282 g/mol. The van der Waals surface area contributed by atoms with Gasteiger partial charge in [0.15, 0.2) is 0 Å². The molecule has 1 unspecified atom stereocenters. The molecule has 1 aromatic rings. The van der Waals surface area contributed by atoms with Crippen molar-refractivity contribution in [3.8, 4) is 5.75 Å². The number of amides is 1. The Morgan fingerprint density at radius 1 is 1.35 bits per heavy atom. The Labute approximate surface area is 114 Å². The third-order valence-corrected chi connectivity index (χ3v) is 2.54. The summed E-state index contributed by atoms with van der Waals surface area (Å²) in [6.45, 7) is 1.44. The molecule has 0 aliphatic carbocycles. The van der Waals surface area contributed by atoms with Gasteiger partial charge in [0.1, 0.15) is 11.8 Å². The zero-order valence-electron chi connectivity index (χ0n) is 11.2. The standard InChI is InChI=1S/C12H14N2O6/c1-7(12(16)20-3)13-11(15)9-6-8(14(17)18)4-5-10(9)19-2/h4-7H,1-3H3,(H,13,15). The van der Waals surface area contributed by atoms with Crippen molar-refractivity contribution < 1.29 is 24.0 Å². The van der Waals surface area contributed by atoms with E-state index in [0.717, 1.165) is 6.07 Å². The van der Waals surface area contributed by atoms with Crippen molar-refractivity contribution in [2.45, 2.75) is 13.0 Å². The maximum absolute atomic E-state index is 12.0. The summed E-state index contributed by atoms with van der Waals surface area (Å²) < 4.78 is 9.44. The molecule has 20 heavy (non-hydrogen) atoms. The number of rotatable bonds is 5. The molecule has 0 heterocycles. The Balaban J connectivity index is 3.04. The predicted octanol–water partition coefficient (Wildman–Crippen LogP) is 0.895. The number of nitrogens with one attached hydrogen (secondary N) is 1. The van der Waals surface area contributed by atoms with Crippen LogP contribution in [-0.4, -0.2) is 37.1 Å². The summed E-state index contributed by atoms with van der Waals surface area (Å²) in [6, 6.07) is 2.74. The topological polar surface area (TPSA) is 108 Å². The Morgan fingerprint density at radius 2 is 2.00 bits per heavy atom. The Kier molecular flexibility index (Phi) is 5.01. The number of ether oxygens (including phenoxy) is 2. The van der Waals surface area contributed by atoms with Crippen LogP contribution in [0.2, 0.25) is 0 Å². The molecule has 8 heteroatoms. The van der Waals surface area contributed by atoms with Gasteiger partial charge >= 0.3 is 5.97 Å². The fraction of sp³-hybridized carbons (Fsp3) is 0.333. The minimum absolute atomic E-state index is 0.0301. The Hall–Kier alpha value is -2.64. The fourth-order valence-corrected chi connectivity index (χ4v) is 1.50. The molecule has 0 aromatic heterocycles. The molecule has 0 aliphatic heterocycles. The van der Waals surface area contributed by atoms with Gasteiger partial charge in [-0.1, -0.05) is 0 Å². The molecule has 1 aromatic carbocycles. The van der Waals surface area contributed by atoms with Crippen molar-refractivity contribution in [3.63, 3.8) is 0 Å². The summed E-state index contributed by atoms with van der Waals surface area (Å²) in [5.74, 6) is -1.11. The number of nitro groups is 1. The van der Waals surface area contributed by atoms with Gasteiger partial charge in [0.2, 0.25) is 0 Å². The molecule has 0 bridgehead atoms. The van der Waals surface area contributed by atoms with Gasteiger partial charge in [-0.2, -0.15) is 0 Å². The van der Waals surface area contributed by atoms with E-state index in [2.05, 4.69) is 10.1 Å². The van der Waals surface area contributed by atoms with E-state index in [1.165, 1.54) is 33.3 Å². The molecule has 1 atom stereocenters. The van der Waals surface area contributed by atoms with E-state index in [9.17, 15) is 19.7 Å². The first kappa shape index (κ1) is 15.4. The molecule has 1 N–H and O–H groups in total. The van der Waals surface area contributed by atoms with Gasteiger partial charge in [0, 0.05) is 12.1 Å². The normalized spacial score (nSPS) is 11.3. The van der Waals surface area contributed by atoms with Crippen LogP contribution in [0.1, 0.15) is 17.3 Å². The Bertz CT molecular complexity index is 543. The number of non-ortho nitro benzene ring substituents is 1. The Morgan fingerprint density at radius 3 is 2.50 bits per heavy atom. The lowest BCUT2D eigenvalue weighted by atomic mass is 10.1. The lowest BCUT2D eigenvalue weighted by Gasteiger charge is -2.13. The van der Waals surface area contributed by atoms with E-state index in [1.807, 2.05) is 0 Å². The minimum atomic E-state index is -0.878. The number of nitrogens with zero attached hydrogens (tertiary/aromatic N) is 1. The van der Waals surface area contributed by atoms with Crippen molar-refractivity contribution in [1.82, 2.24) is 5.32 Å². The highest BCUT2D eigenvalue weighted by atomic mass is 16.6. The van der Waals surface area contributed by atoms with Gasteiger partial charge in [-0.3, -0.25) is 14.9 Å². The van der Waals surface area contributed by atoms with Crippen LogP contribution in [0.3, 0.4) is 0 Å². The summed E-state index contributed by atoms with van der Waals surface area (Å²) in [7, 11) is 2.53. The van der Waals surface area contributed by atoms with Crippen LogP contribution in [0.4, 0.5) is 5.69 Å². The van der Waals surface area contributed by atoms with Gasteiger partial charge in [-0.25, -0.2) is 4.79 Å². The smallest absolute Gasteiger partial charge is 0.328 e. The average molecular weight is 282 g/mol. The first-order valence-corrected chi connectivity index (χ1v) is 5.61. The number of methoxy groups -OCH3 is 2. The molecule has 0 saturated carbocycles. The molecule has 108 valence electrons. The first-order valence-electron chi connectivity index (χ1n) is 5.61. The van der Waals surface area contributed by atoms with Crippen molar-refractivity contribution in [3.05, 3.63) is 33.9 Å². The number of hydrogen-bond donors (Lipinski definition) is 1. The number of hydrogen-bond acceptors (Lipinski definition) is 6. The van der Waals surface area contributed by atoms with Crippen molar-refractivity contribution >= 4 is 17.6 Å². The number of carbonyl (C=O) groups excluding carboxylic acids is 2. The number of nitro benzene ring substituents is 1. The molecular formula is C12H14N2O6. The summed E-state index contributed by atoms with van der Waals surface area (Å²) in [5.41, 5.74) is -0.279. The van der Waals surface area contributed by atoms with Gasteiger partial charge in [-0.05, 0) is 13.0 Å². The fourth-order valence-electron chi connectivity index (χ4n) is 1.50. The quantitative estimate of drug-likeness (QED) is 0.488. The predicted molar refractivity (Wildman–Crippen MR) is 68.6 cm³/mol. The van der Waals surface area contributed by atoms with Crippen LogP contribution in [0.25, 0.3) is 0 Å². The van der Waals surface area contributed by atoms with Gasteiger partial charge < -0.3 is 14.8 Å². The van der Waals surface area contributed by atoms with Crippen LogP contribution >= 0.6 is 0 Å². The maximum atomic E-state index is 12.0. The molecule has 1 rings (SSSR count). The van der Waals surface area contributed by atoms with Gasteiger partial charge in [0.25, 0.3) is 11.6 Å². The molecule has 0 aliphatic rings. The van der Waals surface area contributed by atoms with E-state index in [4.69, 9.17) is 4.74 Å². The summed E-state index contributed by atoms with van der Waals surface area (Å²) >= 11 is 0. The summed E-state index contributed by atoms with van der Waals surface area (Å²) in [6.07, 6.45) is 0. The third kappa shape index (κ3) is 3.44. The van der Waals surface area contributed by atoms with Crippen LogP contribution in [0.15, 0.2) is 18.2 Å². The van der Waals surface area contributed by atoms with Crippen LogP contribution < -0.4 is 10.1 Å². The van der Waals surface area contributed by atoms with Crippen LogP contribution in [-0.2, 0) is 9.53 Å².